The number of aryl methyl sites for hydroxylation is 1. The summed E-state index contributed by atoms with van der Waals surface area (Å²) < 4.78 is 5.09. The summed E-state index contributed by atoms with van der Waals surface area (Å²) in [6, 6.07) is 9.56. The average molecular weight is 385 g/mol. The lowest BCUT2D eigenvalue weighted by Crippen LogP contribution is -2.31. The average Bonchev–Trinajstić information content (AvgIpc) is 3.12. The first-order chi connectivity index (χ1) is 12.9. The van der Waals surface area contributed by atoms with Crippen LogP contribution in [-0.4, -0.2) is 30.7 Å². The van der Waals surface area contributed by atoms with Crippen molar-refractivity contribution >= 4 is 39.6 Å². The second kappa shape index (κ2) is 8.05. The molecule has 2 aromatic rings. The number of hydrogen-bond donors (Lipinski definition) is 0. The number of para-hydroxylation sites is 1. The molecule has 1 aliphatic rings. The first kappa shape index (κ1) is 19.3. The van der Waals surface area contributed by atoms with Gasteiger partial charge in [0, 0.05) is 12.1 Å². The molecule has 0 radical (unpaired) electrons. The van der Waals surface area contributed by atoms with Gasteiger partial charge in [-0.05, 0) is 43.9 Å². The number of esters is 1. The Morgan fingerprint density at radius 3 is 2.74 bits per heavy atom. The topological polar surface area (TPSA) is 59.0 Å². The monoisotopic (exact) mass is 384 g/mol. The zero-order chi connectivity index (χ0) is 19.6. The van der Waals surface area contributed by atoms with E-state index in [2.05, 4.69) is 18.8 Å². The second-order valence-electron chi connectivity index (χ2n) is 6.93. The van der Waals surface area contributed by atoms with Crippen LogP contribution in [0.4, 0.5) is 10.7 Å². The summed E-state index contributed by atoms with van der Waals surface area (Å²) in [6.45, 7) is 8.92. The molecular formula is C21H24N2O3S. The smallest absolute Gasteiger partial charge is 0.348 e. The maximum atomic E-state index is 13.0. The van der Waals surface area contributed by atoms with Crippen molar-refractivity contribution in [3.05, 3.63) is 46.3 Å². The van der Waals surface area contributed by atoms with Gasteiger partial charge in [-0.3, -0.25) is 4.79 Å². The zero-order valence-electron chi connectivity index (χ0n) is 16.1. The molecule has 0 bridgehead atoms. The van der Waals surface area contributed by atoms with Gasteiger partial charge in [-0.2, -0.15) is 0 Å². The van der Waals surface area contributed by atoms with Crippen molar-refractivity contribution < 1.29 is 14.3 Å². The number of rotatable bonds is 6. The minimum Gasteiger partial charge on any atom is -0.462 e. The highest BCUT2D eigenvalue weighted by Gasteiger charge is 2.33. The number of amides is 1. The van der Waals surface area contributed by atoms with Crippen LogP contribution in [0.1, 0.15) is 48.0 Å². The molecule has 1 aromatic carbocycles. The molecule has 1 amide bonds. The largest absolute Gasteiger partial charge is 0.462 e. The predicted octanol–water partition coefficient (Wildman–Crippen LogP) is 4.75. The van der Waals surface area contributed by atoms with E-state index in [-0.39, 0.29) is 11.9 Å². The van der Waals surface area contributed by atoms with E-state index in [0.29, 0.717) is 34.7 Å². The van der Waals surface area contributed by atoms with Gasteiger partial charge in [0.05, 0.1) is 12.3 Å². The molecule has 2 heterocycles. The summed E-state index contributed by atoms with van der Waals surface area (Å²) in [5.41, 5.74) is 3.00. The lowest BCUT2D eigenvalue weighted by Gasteiger charge is -2.17. The van der Waals surface area contributed by atoms with E-state index < -0.39 is 0 Å². The molecule has 27 heavy (non-hydrogen) atoms. The molecule has 142 valence electrons. The van der Waals surface area contributed by atoms with Crippen molar-refractivity contribution in [2.45, 2.75) is 34.1 Å². The third kappa shape index (κ3) is 3.95. The molecule has 3 rings (SSSR count). The van der Waals surface area contributed by atoms with Crippen molar-refractivity contribution in [2.75, 3.05) is 18.1 Å². The Morgan fingerprint density at radius 2 is 2.04 bits per heavy atom. The number of carbonyl (C=O) groups is 2. The quantitative estimate of drug-likeness (QED) is 0.676. The first-order valence-electron chi connectivity index (χ1n) is 9.19. The molecule has 6 heteroatoms. The van der Waals surface area contributed by atoms with Crippen molar-refractivity contribution in [1.82, 2.24) is 0 Å². The van der Waals surface area contributed by atoms with Crippen LogP contribution in [0.15, 0.2) is 35.3 Å². The van der Waals surface area contributed by atoms with Crippen LogP contribution in [0.3, 0.4) is 0 Å². The molecule has 1 aromatic heterocycles. The van der Waals surface area contributed by atoms with Gasteiger partial charge in [0.15, 0.2) is 0 Å². The number of anilines is 1. The van der Waals surface area contributed by atoms with Gasteiger partial charge in [-0.25, -0.2) is 9.79 Å². The molecule has 0 saturated heterocycles. The molecule has 1 aliphatic heterocycles. The summed E-state index contributed by atoms with van der Waals surface area (Å²) in [4.78, 5) is 32.0. The molecule has 0 aliphatic carbocycles. The molecule has 0 spiro atoms. The minimum absolute atomic E-state index is 0.0828. The number of ether oxygens (including phenoxy) is 1. The van der Waals surface area contributed by atoms with Crippen LogP contribution >= 0.6 is 11.3 Å². The van der Waals surface area contributed by atoms with Crippen molar-refractivity contribution in [3.8, 4) is 0 Å². The van der Waals surface area contributed by atoms with Crippen molar-refractivity contribution in [1.29, 1.82) is 0 Å². The van der Waals surface area contributed by atoms with Gasteiger partial charge in [-0.15, -0.1) is 11.3 Å². The Hall–Kier alpha value is -2.47. The number of nitrogens with zero attached hydrogens (tertiary/aromatic N) is 2. The van der Waals surface area contributed by atoms with E-state index in [1.54, 1.807) is 11.8 Å². The standard InChI is InChI=1S/C21H24N2O3S/c1-5-26-21(25)19-14(4)12-17(27-19)22-18-15-8-6-7-9-16(15)23(20(18)24)11-10-13(2)3/h6-9,12-13H,5,10-11H2,1-4H3. The highest BCUT2D eigenvalue weighted by molar-refractivity contribution is 7.17. The summed E-state index contributed by atoms with van der Waals surface area (Å²) >= 11 is 1.26. The van der Waals surface area contributed by atoms with E-state index >= 15 is 0 Å². The van der Waals surface area contributed by atoms with Gasteiger partial charge in [0.2, 0.25) is 0 Å². The van der Waals surface area contributed by atoms with Crippen LogP contribution in [0.25, 0.3) is 0 Å². The van der Waals surface area contributed by atoms with Gasteiger partial charge in [0.1, 0.15) is 15.6 Å². The third-order valence-electron chi connectivity index (χ3n) is 4.42. The van der Waals surface area contributed by atoms with E-state index in [4.69, 9.17) is 4.74 Å². The van der Waals surface area contributed by atoms with Crippen LogP contribution in [0.5, 0.6) is 0 Å². The Balaban J connectivity index is 1.96. The van der Waals surface area contributed by atoms with E-state index in [1.807, 2.05) is 37.3 Å². The second-order valence-corrected chi connectivity index (χ2v) is 7.96. The van der Waals surface area contributed by atoms with E-state index in [0.717, 1.165) is 23.2 Å². The third-order valence-corrected chi connectivity index (χ3v) is 5.53. The molecule has 0 fully saturated rings. The van der Waals surface area contributed by atoms with Gasteiger partial charge in [-0.1, -0.05) is 32.0 Å². The lowest BCUT2D eigenvalue weighted by atomic mass is 10.1. The molecule has 0 unspecified atom stereocenters. The number of aliphatic imine (C=N–C) groups is 1. The van der Waals surface area contributed by atoms with Gasteiger partial charge in [0.25, 0.3) is 5.91 Å². The maximum Gasteiger partial charge on any atom is 0.348 e. The Bertz CT molecular complexity index is 899. The molecular weight excluding hydrogens is 360 g/mol. The predicted molar refractivity (Wildman–Crippen MR) is 109 cm³/mol. The number of fused-ring (bicyclic) bond motifs is 1. The summed E-state index contributed by atoms with van der Waals surface area (Å²) in [5, 5.41) is 0.638. The molecule has 0 saturated carbocycles. The normalized spacial score (nSPS) is 14.9. The maximum absolute atomic E-state index is 13.0. The highest BCUT2D eigenvalue weighted by Crippen LogP contribution is 2.34. The minimum atomic E-state index is -0.344. The van der Waals surface area contributed by atoms with Crippen molar-refractivity contribution in [3.63, 3.8) is 0 Å². The first-order valence-corrected chi connectivity index (χ1v) is 10.0. The van der Waals surface area contributed by atoms with Crippen LogP contribution in [0, 0.1) is 12.8 Å². The zero-order valence-corrected chi connectivity index (χ0v) is 16.9. The fourth-order valence-corrected chi connectivity index (χ4v) is 3.95. The SMILES string of the molecule is CCOC(=O)c1sc(N=C2C(=O)N(CCC(C)C)c3ccccc32)cc1C. The van der Waals surface area contributed by atoms with Gasteiger partial charge < -0.3 is 9.64 Å². The number of benzene rings is 1. The summed E-state index contributed by atoms with van der Waals surface area (Å²) in [7, 11) is 0. The Labute approximate surface area is 163 Å². The van der Waals surface area contributed by atoms with E-state index in [1.165, 1.54) is 11.3 Å². The Morgan fingerprint density at radius 1 is 1.30 bits per heavy atom. The number of hydrogen-bond acceptors (Lipinski definition) is 5. The fourth-order valence-electron chi connectivity index (χ4n) is 3.01. The lowest BCUT2D eigenvalue weighted by molar-refractivity contribution is -0.112. The fraction of sp³-hybridized carbons (Fsp3) is 0.381. The Kier molecular flexibility index (Phi) is 5.75. The molecule has 5 nitrogen and oxygen atoms in total. The molecule has 0 atom stereocenters. The summed E-state index contributed by atoms with van der Waals surface area (Å²) in [6.07, 6.45) is 0.929. The van der Waals surface area contributed by atoms with Crippen LogP contribution in [0.2, 0.25) is 0 Å². The number of thiophene rings is 1. The summed E-state index contributed by atoms with van der Waals surface area (Å²) in [5.74, 6) is 0.0850. The van der Waals surface area contributed by atoms with Crippen molar-refractivity contribution in [2.24, 2.45) is 10.9 Å². The van der Waals surface area contributed by atoms with Gasteiger partial charge >= 0.3 is 5.97 Å². The number of carbonyl (C=O) groups excluding carboxylic acids is 2. The van der Waals surface area contributed by atoms with Crippen LogP contribution in [-0.2, 0) is 9.53 Å². The van der Waals surface area contributed by atoms with Crippen LogP contribution < -0.4 is 4.90 Å². The van der Waals surface area contributed by atoms with E-state index in [9.17, 15) is 9.59 Å². The highest BCUT2D eigenvalue weighted by atomic mass is 32.1. The molecule has 0 N–H and O–H groups in total.